The Morgan fingerprint density at radius 1 is 1.22 bits per heavy atom. The molecule has 23 heavy (non-hydrogen) atoms. The van der Waals surface area contributed by atoms with Crippen LogP contribution in [-0.4, -0.2) is 65.8 Å². The summed E-state index contributed by atoms with van der Waals surface area (Å²) >= 11 is 0.654. The molecule has 0 aliphatic carbocycles. The number of aliphatic carboxylic acids is 1. The molecule has 134 valence electrons. The molecule has 0 rings (SSSR count). The minimum Gasteiger partial charge on any atom is -0.480 e. The molecule has 0 aliphatic rings. The largest absolute Gasteiger partial charge is 0.480 e. The number of alkyl halides is 5. The number of nitrogens with one attached hydrogen (secondary N) is 1. The zero-order valence-corrected chi connectivity index (χ0v) is 12.3. The Morgan fingerprint density at radius 3 is 2.13 bits per heavy atom. The molecular formula is C10H13F5N2O5S. The number of carboxylic acids is 1. The summed E-state index contributed by atoms with van der Waals surface area (Å²) in [7, 11) is 1.05. The number of methoxy groups -OCH3 is 1. The summed E-state index contributed by atoms with van der Waals surface area (Å²) in [6.45, 7) is 0. The molecule has 0 unspecified atom stereocenters. The predicted octanol–water partition coefficient (Wildman–Crippen LogP) is -0.0131. The average Bonchev–Trinajstić information content (AvgIpc) is 2.43. The van der Waals surface area contributed by atoms with Crippen LogP contribution in [0.5, 0.6) is 0 Å². The Kier molecular flexibility index (Phi) is 7.70. The maximum Gasteiger partial charge on any atom is 0.463 e. The van der Waals surface area contributed by atoms with Gasteiger partial charge < -0.3 is 20.9 Å². The highest BCUT2D eigenvalue weighted by Gasteiger charge is 2.63. The van der Waals surface area contributed by atoms with E-state index in [-0.39, 0.29) is 5.75 Å². The number of thioether (sulfide) groups is 1. The van der Waals surface area contributed by atoms with E-state index in [0.717, 1.165) is 12.4 Å². The third kappa shape index (κ3) is 6.17. The van der Waals surface area contributed by atoms with Crippen LogP contribution in [0.15, 0.2) is 0 Å². The number of carbonyl (C=O) groups is 3. The van der Waals surface area contributed by atoms with Gasteiger partial charge in [-0.15, -0.1) is 0 Å². The molecule has 2 atom stereocenters. The van der Waals surface area contributed by atoms with Crippen molar-refractivity contribution in [3.63, 3.8) is 0 Å². The molecule has 0 aromatic rings. The van der Waals surface area contributed by atoms with E-state index in [1.807, 2.05) is 0 Å². The molecule has 0 spiro atoms. The van der Waals surface area contributed by atoms with Crippen molar-refractivity contribution in [2.75, 3.05) is 18.6 Å². The molecule has 0 saturated heterocycles. The van der Waals surface area contributed by atoms with Crippen LogP contribution in [0.2, 0.25) is 0 Å². The van der Waals surface area contributed by atoms with E-state index in [2.05, 4.69) is 4.74 Å². The molecule has 13 heteroatoms. The van der Waals surface area contributed by atoms with Crippen molar-refractivity contribution in [1.29, 1.82) is 0 Å². The monoisotopic (exact) mass is 368 g/mol. The van der Waals surface area contributed by atoms with Gasteiger partial charge in [0.15, 0.2) is 0 Å². The van der Waals surface area contributed by atoms with Crippen molar-refractivity contribution in [1.82, 2.24) is 5.32 Å². The normalized spacial score (nSPS) is 14.7. The van der Waals surface area contributed by atoms with Crippen LogP contribution in [0, 0.1) is 0 Å². The average molecular weight is 368 g/mol. The highest BCUT2D eigenvalue weighted by atomic mass is 32.2. The lowest BCUT2D eigenvalue weighted by molar-refractivity contribution is -0.270. The Morgan fingerprint density at radius 2 is 1.74 bits per heavy atom. The van der Waals surface area contributed by atoms with E-state index in [9.17, 15) is 36.3 Å². The number of hydrogen-bond donors (Lipinski definition) is 3. The van der Waals surface area contributed by atoms with Crippen molar-refractivity contribution >= 4 is 29.6 Å². The van der Waals surface area contributed by atoms with Crippen LogP contribution < -0.4 is 11.1 Å². The Balaban J connectivity index is 4.69. The second kappa shape index (κ2) is 8.29. The Bertz CT molecular complexity index is 459. The zero-order valence-electron chi connectivity index (χ0n) is 11.5. The molecule has 0 heterocycles. The van der Waals surface area contributed by atoms with E-state index in [0.29, 0.717) is 11.8 Å². The Hall–Kier alpha value is -1.63. The fraction of sp³-hybridized carbons (Fsp3) is 0.700. The van der Waals surface area contributed by atoms with Crippen molar-refractivity contribution in [3.05, 3.63) is 0 Å². The van der Waals surface area contributed by atoms with Gasteiger partial charge >= 0.3 is 29.9 Å². The lowest BCUT2D eigenvalue weighted by Crippen LogP contribution is -2.55. The first kappa shape index (κ1) is 21.4. The standard InChI is InChI=1S/C10H13F5N2O5S/c1-22-7(20)4(16)2-23-3-5(6(18)19)17-8(21)9(11,12)10(13,14)15/h4-5H,2-3,16H2,1H3,(H,17,21)(H,18,19)/t4-,5-/m0/s1. The van der Waals surface area contributed by atoms with Crippen LogP contribution in [0.25, 0.3) is 0 Å². The van der Waals surface area contributed by atoms with Gasteiger partial charge in [-0.3, -0.25) is 9.59 Å². The van der Waals surface area contributed by atoms with E-state index in [1.165, 1.54) is 0 Å². The molecular weight excluding hydrogens is 355 g/mol. The molecule has 0 saturated carbocycles. The SMILES string of the molecule is COC(=O)[C@@H](N)CSC[C@H](NC(=O)C(F)(F)C(F)(F)F)C(=O)O. The molecule has 4 N–H and O–H groups in total. The molecule has 0 aromatic heterocycles. The van der Waals surface area contributed by atoms with Crippen LogP contribution >= 0.6 is 11.8 Å². The minimum atomic E-state index is -6.15. The van der Waals surface area contributed by atoms with E-state index in [4.69, 9.17) is 10.8 Å². The quantitative estimate of drug-likeness (QED) is 0.407. The smallest absolute Gasteiger partial charge is 0.463 e. The number of carbonyl (C=O) groups excluding carboxylic acids is 2. The minimum absolute atomic E-state index is 0.192. The van der Waals surface area contributed by atoms with Gasteiger partial charge in [0.25, 0.3) is 0 Å². The number of amides is 1. The van der Waals surface area contributed by atoms with E-state index >= 15 is 0 Å². The zero-order chi connectivity index (χ0) is 18.4. The van der Waals surface area contributed by atoms with Crippen LogP contribution in [0.4, 0.5) is 22.0 Å². The topological polar surface area (TPSA) is 119 Å². The van der Waals surface area contributed by atoms with E-state index < -0.39 is 47.8 Å². The fourth-order valence-electron chi connectivity index (χ4n) is 1.08. The summed E-state index contributed by atoms with van der Waals surface area (Å²) in [4.78, 5) is 32.7. The molecule has 0 radical (unpaired) electrons. The maximum atomic E-state index is 12.7. The highest BCUT2D eigenvalue weighted by molar-refractivity contribution is 7.99. The van der Waals surface area contributed by atoms with Crippen molar-refractivity contribution in [2.24, 2.45) is 5.73 Å². The third-order valence-electron chi connectivity index (χ3n) is 2.33. The van der Waals surface area contributed by atoms with E-state index in [1.54, 1.807) is 0 Å². The molecule has 7 nitrogen and oxygen atoms in total. The third-order valence-corrected chi connectivity index (χ3v) is 3.49. The van der Waals surface area contributed by atoms with Gasteiger partial charge in [-0.2, -0.15) is 33.7 Å². The highest BCUT2D eigenvalue weighted by Crippen LogP contribution is 2.35. The number of carboxylic acid groups (broad SMARTS) is 1. The Labute approximate surface area is 130 Å². The van der Waals surface area contributed by atoms with Gasteiger partial charge in [-0.05, 0) is 0 Å². The second-order valence-corrected chi connectivity index (χ2v) is 5.18. The summed E-state index contributed by atoms with van der Waals surface area (Å²) in [5.74, 6) is -11.9. The van der Waals surface area contributed by atoms with Crippen LogP contribution in [-0.2, 0) is 19.1 Å². The number of nitrogens with two attached hydrogens (primary N) is 1. The number of rotatable bonds is 8. The summed E-state index contributed by atoms with van der Waals surface area (Å²) in [5.41, 5.74) is 5.32. The number of esters is 1. The number of hydrogen-bond acceptors (Lipinski definition) is 6. The first-order valence-electron chi connectivity index (χ1n) is 5.74. The number of halogens is 5. The van der Waals surface area contributed by atoms with Gasteiger partial charge in [-0.25, -0.2) is 4.79 Å². The second-order valence-electron chi connectivity index (χ2n) is 4.10. The molecule has 0 fully saturated rings. The van der Waals surface area contributed by atoms with Gasteiger partial charge in [0.1, 0.15) is 12.1 Å². The fourth-order valence-corrected chi connectivity index (χ4v) is 2.07. The van der Waals surface area contributed by atoms with Crippen LogP contribution in [0.1, 0.15) is 0 Å². The molecule has 1 amide bonds. The maximum absolute atomic E-state index is 12.7. The summed E-state index contributed by atoms with van der Waals surface area (Å²) in [6, 6.07) is -3.17. The van der Waals surface area contributed by atoms with Gasteiger partial charge in [0.2, 0.25) is 0 Å². The summed E-state index contributed by atoms with van der Waals surface area (Å²) in [6.07, 6.45) is -6.15. The number of ether oxygens (including phenoxy) is 1. The molecule has 0 aromatic carbocycles. The first-order chi connectivity index (χ1) is 10.3. The molecule has 0 aliphatic heterocycles. The lowest BCUT2D eigenvalue weighted by atomic mass is 10.2. The molecule has 0 bridgehead atoms. The van der Waals surface area contributed by atoms with Crippen LogP contribution in [0.3, 0.4) is 0 Å². The summed E-state index contributed by atoms with van der Waals surface area (Å²) < 4.78 is 65.7. The van der Waals surface area contributed by atoms with Crippen molar-refractivity contribution < 1.29 is 46.2 Å². The van der Waals surface area contributed by atoms with Crippen molar-refractivity contribution in [2.45, 2.75) is 24.2 Å². The van der Waals surface area contributed by atoms with Gasteiger partial charge in [-0.1, -0.05) is 0 Å². The van der Waals surface area contributed by atoms with Gasteiger partial charge in [0.05, 0.1) is 7.11 Å². The predicted molar refractivity (Wildman–Crippen MR) is 67.9 cm³/mol. The first-order valence-corrected chi connectivity index (χ1v) is 6.89. The van der Waals surface area contributed by atoms with Gasteiger partial charge in [0, 0.05) is 11.5 Å². The summed E-state index contributed by atoms with van der Waals surface area (Å²) in [5, 5.41) is 9.83. The van der Waals surface area contributed by atoms with Crippen molar-refractivity contribution in [3.8, 4) is 0 Å². The lowest BCUT2D eigenvalue weighted by Gasteiger charge is -2.21.